The van der Waals surface area contributed by atoms with Crippen LogP contribution in [0.4, 0.5) is 4.79 Å². The van der Waals surface area contributed by atoms with Gasteiger partial charge in [0.1, 0.15) is 5.60 Å². The molecule has 14 heavy (non-hydrogen) atoms. The fourth-order valence-corrected chi connectivity index (χ4v) is 0.880. The number of hydrogen-bond acceptors (Lipinski definition) is 3. The monoisotopic (exact) mass is 203 g/mol. The molecular weight excluding hydrogens is 182 g/mol. The molecule has 0 aromatic rings. The van der Waals surface area contributed by atoms with E-state index in [0.29, 0.717) is 6.54 Å². The Morgan fingerprint density at radius 3 is 2.43 bits per heavy atom. The molecule has 0 radical (unpaired) electrons. The topological polar surface area (TPSA) is 58.6 Å². The minimum absolute atomic E-state index is 0.0896. The minimum atomic E-state index is -0.467. The van der Waals surface area contributed by atoms with Gasteiger partial charge in [0.15, 0.2) is 0 Å². The molecule has 0 heterocycles. The number of hydrogen-bond donors (Lipinski definition) is 2. The molecular formula is C10H21NO3. The van der Waals surface area contributed by atoms with E-state index in [2.05, 4.69) is 5.32 Å². The van der Waals surface area contributed by atoms with Crippen LogP contribution in [0.2, 0.25) is 0 Å². The Morgan fingerprint density at radius 2 is 2.07 bits per heavy atom. The third kappa shape index (κ3) is 6.71. The van der Waals surface area contributed by atoms with Crippen molar-refractivity contribution in [2.45, 2.75) is 39.7 Å². The molecule has 0 aliphatic rings. The molecule has 0 aromatic heterocycles. The van der Waals surface area contributed by atoms with Gasteiger partial charge in [-0.2, -0.15) is 0 Å². The highest BCUT2D eigenvalue weighted by Crippen LogP contribution is 2.07. The van der Waals surface area contributed by atoms with Crippen LogP contribution in [0.15, 0.2) is 0 Å². The first kappa shape index (κ1) is 13.2. The smallest absolute Gasteiger partial charge is 0.407 e. The summed E-state index contributed by atoms with van der Waals surface area (Å²) in [5.41, 5.74) is -0.467. The van der Waals surface area contributed by atoms with Gasteiger partial charge >= 0.3 is 6.09 Å². The number of alkyl carbamates (subject to hydrolysis) is 1. The maximum absolute atomic E-state index is 11.2. The quantitative estimate of drug-likeness (QED) is 0.728. The van der Waals surface area contributed by atoms with Gasteiger partial charge in [0.25, 0.3) is 0 Å². The zero-order valence-corrected chi connectivity index (χ0v) is 9.46. The van der Waals surface area contributed by atoms with Gasteiger partial charge in [-0.15, -0.1) is 0 Å². The van der Waals surface area contributed by atoms with Gasteiger partial charge in [0.05, 0.1) is 0 Å². The van der Waals surface area contributed by atoms with Crippen LogP contribution >= 0.6 is 0 Å². The third-order valence-electron chi connectivity index (χ3n) is 1.77. The van der Waals surface area contributed by atoms with Gasteiger partial charge in [0.2, 0.25) is 0 Å². The van der Waals surface area contributed by atoms with Crippen LogP contribution in [0.1, 0.15) is 34.1 Å². The SMILES string of the molecule is CC[C@@H](CO)CNC(=O)OC(C)(C)C. The average molecular weight is 203 g/mol. The van der Waals surface area contributed by atoms with Gasteiger partial charge in [0, 0.05) is 13.2 Å². The van der Waals surface area contributed by atoms with E-state index in [9.17, 15) is 4.79 Å². The predicted molar refractivity (Wildman–Crippen MR) is 55.1 cm³/mol. The number of carbonyl (C=O) groups is 1. The van der Waals surface area contributed by atoms with E-state index in [1.165, 1.54) is 0 Å². The molecule has 0 saturated heterocycles. The third-order valence-corrected chi connectivity index (χ3v) is 1.77. The van der Waals surface area contributed by atoms with Gasteiger partial charge in [-0.1, -0.05) is 6.92 Å². The van der Waals surface area contributed by atoms with E-state index < -0.39 is 11.7 Å². The van der Waals surface area contributed by atoms with E-state index >= 15 is 0 Å². The molecule has 0 aliphatic carbocycles. The number of aliphatic hydroxyl groups excluding tert-OH is 1. The fraction of sp³-hybridized carbons (Fsp3) is 0.900. The Labute approximate surface area is 85.6 Å². The first-order chi connectivity index (χ1) is 6.39. The lowest BCUT2D eigenvalue weighted by Gasteiger charge is -2.20. The number of rotatable bonds is 4. The molecule has 0 aromatic carbocycles. The second kappa shape index (κ2) is 5.86. The van der Waals surface area contributed by atoms with Gasteiger partial charge in [-0.05, 0) is 33.1 Å². The van der Waals surface area contributed by atoms with Crippen molar-refractivity contribution in [2.24, 2.45) is 5.92 Å². The van der Waals surface area contributed by atoms with Gasteiger partial charge < -0.3 is 15.2 Å². The highest BCUT2D eigenvalue weighted by molar-refractivity contribution is 5.67. The van der Waals surface area contributed by atoms with Crippen molar-refractivity contribution < 1.29 is 14.6 Å². The molecule has 1 amide bonds. The summed E-state index contributed by atoms with van der Waals surface area (Å²) in [6.45, 7) is 7.97. The molecule has 0 aliphatic heterocycles. The maximum Gasteiger partial charge on any atom is 0.407 e. The Morgan fingerprint density at radius 1 is 1.50 bits per heavy atom. The maximum atomic E-state index is 11.2. The lowest BCUT2D eigenvalue weighted by molar-refractivity contribution is 0.0512. The predicted octanol–water partition coefficient (Wildman–Crippen LogP) is 1.53. The van der Waals surface area contributed by atoms with Crippen molar-refractivity contribution in [1.82, 2.24) is 5.32 Å². The fourth-order valence-electron chi connectivity index (χ4n) is 0.880. The van der Waals surface area contributed by atoms with Crippen LogP contribution in [-0.2, 0) is 4.74 Å². The van der Waals surface area contributed by atoms with Crippen LogP contribution in [0.3, 0.4) is 0 Å². The number of amides is 1. The molecule has 4 heteroatoms. The lowest BCUT2D eigenvalue weighted by atomic mass is 10.1. The average Bonchev–Trinajstić information content (AvgIpc) is 2.03. The van der Waals surface area contributed by atoms with Crippen LogP contribution in [0, 0.1) is 5.92 Å². The summed E-state index contributed by atoms with van der Waals surface area (Å²) >= 11 is 0. The molecule has 2 N–H and O–H groups in total. The zero-order valence-electron chi connectivity index (χ0n) is 9.46. The summed E-state index contributed by atoms with van der Waals surface area (Å²) in [5.74, 6) is 0.113. The lowest BCUT2D eigenvalue weighted by Crippen LogP contribution is -2.35. The molecule has 0 unspecified atom stereocenters. The summed E-state index contributed by atoms with van der Waals surface area (Å²) in [6.07, 6.45) is 0.413. The van der Waals surface area contributed by atoms with Crippen LogP contribution in [0.25, 0.3) is 0 Å². The van der Waals surface area contributed by atoms with E-state index in [4.69, 9.17) is 9.84 Å². The Balaban J connectivity index is 3.74. The summed E-state index contributed by atoms with van der Waals surface area (Å²) in [5, 5.41) is 11.5. The Hall–Kier alpha value is -0.770. The zero-order chi connectivity index (χ0) is 11.2. The second-order valence-corrected chi connectivity index (χ2v) is 4.34. The standard InChI is InChI=1S/C10H21NO3/c1-5-8(7-12)6-11-9(13)14-10(2,3)4/h8,12H,5-7H2,1-4H3,(H,11,13)/t8-/m1/s1. The number of nitrogens with one attached hydrogen (secondary N) is 1. The summed E-state index contributed by atoms with van der Waals surface area (Å²) in [6, 6.07) is 0. The molecule has 0 bridgehead atoms. The summed E-state index contributed by atoms with van der Waals surface area (Å²) < 4.78 is 5.05. The van der Waals surface area contributed by atoms with Crippen molar-refractivity contribution in [2.75, 3.05) is 13.2 Å². The summed E-state index contributed by atoms with van der Waals surface area (Å²) in [4.78, 5) is 11.2. The molecule has 1 atom stereocenters. The van der Waals surface area contributed by atoms with E-state index in [0.717, 1.165) is 6.42 Å². The van der Waals surface area contributed by atoms with Crippen molar-refractivity contribution >= 4 is 6.09 Å². The highest BCUT2D eigenvalue weighted by atomic mass is 16.6. The van der Waals surface area contributed by atoms with Gasteiger partial charge in [-0.3, -0.25) is 0 Å². The molecule has 4 nitrogen and oxygen atoms in total. The molecule has 0 saturated carbocycles. The van der Waals surface area contributed by atoms with E-state index in [1.54, 1.807) is 0 Å². The molecule has 0 fully saturated rings. The van der Waals surface area contributed by atoms with Crippen LogP contribution in [0.5, 0.6) is 0 Å². The molecule has 84 valence electrons. The molecule has 0 spiro atoms. The summed E-state index contributed by atoms with van der Waals surface area (Å²) in [7, 11) is 0. The number of carbonyl (C=O) groups excluding carboxylic acids is 1. The minimum Gasteiger partial charge on any atom is -0.444 e. The largest absolute Gasteiger partial charge is 0.444 e. The first-order valence-corrected chi connectivity index (χ1v) is 4.96. The second-order valence-electron chi connectivity index (χ2n) is 4.34. The van der Waals surface area contributed by atoms with Crippen molar-refractivity contribution in [1.29, 1.82) is 0 Å². The van der Waals surface area contributed by atoms with Crippen molar-refractivity contribution in [3.05, 3.63) is 0 Å². The van der Waals surface area contributed by atoms with Crippen LogP contribution in [-0.4, -0.2) is 30.0 Å². The molecule has 0 rings (SSSR count). The Bertz CT molecular complexity index is 171. The van der Waals surface area contributed by atoms with Crippen molar-refractivity contribution in [3.63, 3.8) is 0 Å². The first-order valence-electron chi connectivity index (χ1n) is 4.96. The normalized spacial score (nSPS) is 13.5. The number of ether oxygens (including phenoxy) is 1. The van der Waals surface area contributed by atoms with E-state index in [1.807, 2.05) is 27.7 Å². The number of aliphatic hydroxyl groups is 1. The Kier molecular flexibility index (Phi) is 5.53. The highest BCUT2D eigenvalue weighted by Gasteiger charge is 2.16. The van der Waals surface area contributed by atoms with Gasteiger partial charge in [-0.25, -0.2) is 4.79 Å². The van der Waals surface area contributed by atoms with Crippen LogP contribution < -0.4 is 5.32 Å². The van der Waals surface area contributed by atoms with Crippen molar-refractivity contribution in [3.8, 4) is 0 Å². The van der Waals surface area contributed by atoms with E-state index in [-0.39, 0.29) is 12.5 Å².